The average Bonchev–Trinajstić information content (AvgIpc) is 2.66. The van der Waals surface area contributed by atoms with Crippen molar-refractivity contribution in [1.29, 1.82) is 0 Å². The molecule has 12 heteroatoms. The van der Waals surface area contributed by atoms with Gasteiger partial charge in [-0.3, -0.25) is 9.62 Å². The van der Waals surface area contributed by atoms with Gasteiger partial charge in [-0.2, -0.15) is 23.4 Å². The number of carbonyl (C=O) groups is 1. The first-order valence-electron chi connectivity index (χ1n) is 9.46. The van der Waals surface area contributed by atoms with Crippen LogP contribution in [-0.2, 0) is 10.2 Å². The van der Waals surface area contributed by atoms with Gasteiger partial charge in [0.25, 0.3) is 0 Å². The number of para-hydroxylation sites is 1. The molecular formula is C18H26ClN7O3S. The van der Waals surface area contributed by atoms with Crippen molar-refractivity contribution in [2.75, 3.05) is 34.2 Å². The molecule has 2 rings (SSSR count). The molecule has 0 aliphatic rings. The zero-order valence-electron chi connectivity index (χ0n) is 17.6. The molecule has 0 radical (unpaired) electrons. The standard InChI is InChI=1S/C18H26ClN7O3S/c1-6-25(7-2)16-20-15(19)21-17(22-16)26(8-3)18(27)24-30(28,29)23-14-12(4)10-9-11-13(14)5/h9-11,23H,6-8H2,1-5H3,(H,24,27). The van der Waals surface area contributed by atoms with Gasteiger partial charge >= 0.3 is 16.2 Å². The molecule has 30 heavy (non-hydrogen) atoms. The normalized spacial score (nSPS) is 11.1. The van der Waals surface area contributed by atoms with E-state index in [4.69, 9.17) is 11.6 Å². The van der Waals surface area contributed by atoms with Gasteiger partial charge in [-0.1, -0.05) is 18.2 Å². The lowest BCUT2D eigenvalue weighted by Crippen LogP contribution is -2.46. The molecule has 0 aliphatic carbocycles. The summed E-state index contributed by atoms with van der Waals surface area (Å²) in [6.07, 6.45) is 0. The van der Waals surface area contributed by atoms with Crippen molar-refractivity contribution in [3.05, 3.63) is 34.6 Å². The van der Waals surface area contributed by atoms with Crippen LogP contribution in [0, 0.1) is 13.8 Å². The predicted molar refractivity (Wildman–Crippen MR) is 118 cm³/mol. The minimum absolute atomic E-state index is 0.0424. The van der Waals surface area contributed by atoms with E-state index in [2.05, 4.69) is 19.7 Å². The minimum atomic E-state index is -4.19. The zero-order valence-corrected chi connectivity index (χ0v) is 19.2. The van der Waals surface area contributed by atoms with E-state index in [0.29, 0.717) is 24.7 Å². The van der Waals surface area contributed by atoms with Gasteiger partial charge in [0.1, 0.15) is 0 Å². The van der Waals surface area contributed by atoms with E-state index < -0.39 is 16.2 Å². The number of hydrogen-bond acceptors (Lipinski definition) is 7. The van der Waals surface area contributed by atoms with Gasteiger partial charge in [-0.15, -0.1) is 0 Å². The maximum absolute atomic E-state index is 12.7. The topological polar surface area (TPSA) is 120 Å². The second-order valence-corrected chi connectivity index (χ2v) is 8.15. The monoisotopic (exact) mass is 455 g/mol. The van der Waals surface area contributed by atoms with Crippen molar-refractivity contribution in [3.8, 4) is 0 Å². The first-order valence-corrected chi connectivity index (χ1v) is 11.3. The molecule has 0 atom stereocenters. The Morgan fingerprint density at radius 1 is 1.00 bits per heavy atom. The Morgan fingerprint density at radius 3 is 2.10 bits per heavy atom. The number of benzene rings is 1. The number of aromatic nitrogens is 3. The molecule has 164 valence electrons. The van der Waals surface area contributed by atoms with E-state index in [1.165, 1.54) is 0 Å². The van der Waals surface area contributed by atoms with Crippen LogP contribution in [0.25, 0.3) is 0 Å². The van der Waals surface area contributed by atoms with Crippen LogP contribution < -0.4 is 19.2 Å². The lowest BCUT2D eigenvalue weighted by Gasteiger charge is -2.23. The molecule has 10 nitrogen and oxygen atoms in total. The minimum Gasteiger partial charge on any atom is -0.341 e. The fraction of sp³-hybridized carbons (Fsp3) is 0.444. The van der Waals surface area contributed by atoms with Gasteiger partial charge < -0.3 is 4.90 Å². The van der Waals surface area contributed by atoms with Crippen LogP contribution >= 0.6 is 11.6 Å². The van der Waals surface area contributed by atoms with E-state index in [0.717, 1.165) is 16.0 Å². The van der Waals surface area contributed by atoms with E-state index in [1.54, 1.807) is 32.9 Å². The number of nitrogens with zero attached hydrogens (tertiary/aromatic N) is 5. The largest absolute Gasteiger partial charge is 0.341 e. The summed E-state index contributed by atoms with van der Waals surface area (Å²) in [6.45, 7) is 10.4. The van der Waals surface area contributed by atoms with Gasteiger partial charge in [0.15, 0.2) is 0 Å². The Kier molecular flexibility index (Phi) is 7.79. The molecule has 0 bridgehead atoms. The van der Waals surface area contributed by atoms with Crippen molar-refractivity contribution >= 4 is 45.4 Å². The SMILES string of the molecule is CCN(CC)c1nc(Cl)nc(N(CC)C(=O)NS(=O)(=O)Nc2c(C)cccc2C)n1. The number of hydrogen-bond donors (Lipinski definition) is 2. The second-order valence-electron chi connectivity index (χ2n) is 6.40. The van der Waals surface area contributed by atoms with Gasteiger partial charge in [0.2, 0.25) is 17.2 Å². The molecule has 2 aromatic rings. The smallest absolute Gasteiger partial charge is 0.339 e. The van der Waals surface area contributed by atoms with Crippen LogP contribution in [0.5, 0.6) is 0 Å². The van der Waals surface area contributed by atoms with Crippen molar-refractivity contribution in [2.45, 2.75) is 34.6 Å². The number of aryl methyl sites for hydroxylation is 2. The summed E-state index contributed by atoms with van der Waals surface area (Å²) in [4.78, 5) is 28.0. The Hall–Kier alpha value is -2.66. The zero-order chi connectivity index (χ0) is 22.5. The van der Waals surface area contributed by atoms with E-state index in [1.807, 2.05) is 29.5 Å². The third kappa shape index (κ3) is 5.70. The van der Waals surface area contributed by atoms with Crippen LogP contribution in [0.15, 0.2) is 18.2 Å². The summed E-state index contributed by atoms with van der Waals surface area (Å²) < 4.78 is 29.5. The number of halogens is 1. The highest BCUT2D eigenvalue weighted by Crippen LogP contribution is 2.21. The highest BCUT2D eigenvalue weighted by molar-refractivity contribution is 7.91. The van der Waals surface area contributed by atoms with Crippen molar-refractivity contribution in [1.82, 2.24) is 19.7 Å². The Bertz CT molecular complexity index is 993. The molecule has 0 saturated carbocycles. The maximum atomic E-state index is 12.7. The molecule has 1 heterocycles. The maximum Gasteiger partial charge on any atom is 0.339 e. The number of amides is 2. The summed E-state index contributed by atoms with van der Waals surface area (Å²) in [7, 11) is -4.19. The third-order valence-corrected chi connectivity index (χ3v) is 5.46. The number of anilines is 3. The molecule has 0 fully saturated rings. The summed E-state index contributed by atoms with van der Waals surface area (Å²) in [5.74, 6) is 0.261. The van der Waals surface area contributed by atoms with Crippen molar-refractivity contribution in [3.63, 3.8) is 0 Å². The average molecular weight is 456 g/mol. The van der Waals surface area contributed by atoms with Gasteiger partial charge in [0, 0.05) is 19.6 Å². The van der Waals surface area contributed by atoms with Crippen molar-refractivity contribution < 1.29 is 13.2 Å². The van der Waals surface area contributed by atoms with E-state index in [9.17, 15) is 13.2 Å². The summed E-state index contributed by atoms with van der Waals surface area (Å²) >= 11 is 6.01. The Labute approximate surface area is 181 Å². The molecule has 0 saturated heterocycles. The van der Waals surface area contributed by atoms with E-state index >= 15 is 0 Å². The molecule has 2 amide bonds. The summed E-state index contributed by atoms with van der Waals surface area (Å²) in [6, 6.07) is 4.45. The molecule has 0 unspecified atom stereocenters. The molecule has 1 aromatic heterocycles. The van der Waals surface area contributed by atoms with Crippen LogP contribution in [0.1, 0.15) is 31.9 Å². The number of rotatable bonds is 8. The van der Waals surface area contributed by atoms with E-state index in [-0.39, 0.29) is 17.8 Å². The number of urea groups is 1. The molecule has 0 aliphatic heterocycles. The number of nitrogens with one attached hydrogen (secondary N) is 2. The lowest BCUT2D eigenvalue weighted by molar-refractivity contribution is 0.251. The lowest BCUT2D eigenvalue weighted by atomic mass is 10.1. The predicted octanol–water partition coefficient (Wildman–Crippen LogP) is 2.88. The van der Waals surface area contributed by atoms with Gasteiger partial charge in [0.05, 0.1) is 5.69 Å². The summed E-state index contributed by atoms with van der Waals surface area (Å²) in [5, 5.41) is -0.0929. The Balaban J connectivity index is 2.28. The Morgan fingerprint density at radius 2 is 1.57 bits per heavy atom. The second kappa shape index (κ2) is 9.90. The first kappa shape index (κ1) is 23.6. The number of carbonyl (C=O) groups excluding carboxylic acids is 1. The third-order valence-electron chi connectivity index (χ3n) is 4.37. The fourth-order valence-electron chi connectivity index (χ4n) is 2.78. The molecule has 1 aromatic carbocycles. The molecule has 2 N–H and O–H groups in total. The molecule has 0 spiro atoms. The first-order chi connectivity index (χ1) is 14.1. The quantitative estimate of drug-likeness (QED) is 0.627. The highest BCUT2D eigenvalue weighted by atomic mass is 35.5. The highest BCUT2D eigenvalue weighted by Gasteiger charge is 2.24. The van der Waals surface area contributed by atoms with Crippen LogP contribution in [0.3, 0.4) is 0 Å². The van der Waals surface area contributed by atoms with Gasteiger partial charge in [-0.25, -0.2) is 9.52 Å². The van der Waals surface area contributed by atoms with Gasteiger partial charge in [-0.05, 0) is 57.3 Å². The fourth-order valence-corrected chi connectivity index (χ4v) is 3.91. The van der Waals surface area contributed by atoms with Crippen LogP contribution in [0.2, 0.25) is 5.28 Å². The molecular weight excluding hydrogens is 430 g/mol. The van der Waals surface area contributed by atoms with Crippen molar-refractivity contribution in [2.24, 2.45) is 0 Å². The van der Waals surface area contributed by atoms with Crippen LogP contribution in [0.4, 0.5) is 22.4 Å². The summed E-state index contributed by atoms with van der Waals surface area (Å²) in [5.41, 5.74) is 1.87. The van der Waals surface area contributed by atoms with Crippen LogP contribution in [-0.4, -0.2) is 49.0 Å².